The molecule has 1 aromatic heterocycles. The summed E-state index contributed by atoms with van der Waals surface area (Å²) in [4.78, 5) is 16.3. The van der Waals surface area contributed by atoms with Crippen molar-refractivity contribution in [1.82, 2.24) is 10.1 Å². The Morgan fingerprint density at radius 2 is 1.81 bits per heavy atom. The van der Waals surface area contributed by atoms with Gasteiger partial charge in [-0.3, -0.25) is 4.90 Å². The summed E-state index contributed by atoms with van der Waals surface area (Å²) in [6.07, 6.45) is 4.74. The molecule has 190 valence electrons. The Labute approximate surface area is 225 Å². The molecule has 0 bridgehead atoms. The molecule has 6 rings (SSSR count). The fourth-order valence-corrected chi connectivity index (χ4v) is 5.96. The normalized spacial score (nSPS) is 17.7. The maximum absolute atomic E-state index is 11.5. The lowest BCUT2D eigenvalue weighted by Gasteiger charge is -2.36. The van der Waals surface area contributed by atoms with E-state index in [0.717, 1.165) is 97.0 Å². The number of nitrogens with zero attached hydrogens (tertiary/aromatic N) is 3. The van der Waals surface area contributed by atoms with Gasteiger partial charge in [-0.25, -0.2) is 4.79 Å². The lowest BCUT2D eigenvalue weighted by atomic mass is 10.0. The fourth-order valence-electron chi connectivity index (χ4n) is 5.39. The molecule has 2 aromatic carbocycles. The molecule has 0 radical (unpaired) electrons. The number of piperazine rings is 1. The smallest absolute Gasteiger partial charge is 0.336 e. The minimum atomic E-state index is -0.918. The van der Waals surface area contributed by atoms with Crippen LogP contribution < -0.4 is 4.90 Å². The van der Waals surface area contributed by atoms with Gasteiger partial charge in [0, 0.05) is 55.5 Å². The van der Waals surface area contributed by atoms with E-state index < -0.39 is 5.97 Å². The Morgan fingerprint density at radius 1 is 1.08 bits per heavy atom. The number of rotatable bonds is 7. The van der Waals surface area contributed by atoms with Crippen molar-refractivity contribution in [2.24, 2.45) is 0 Å². The molecule has 8 heteroatoms. The highest BCUT2D eigenvalue weighted by atomic mass is 35.5. The Balaban J connectivity index is 1.14. The molecule has 2 aliphatic carbocycles. The van der Waals surface area contributed by atoms with E-state index in [9.17, 15) is 9.90 Å². The average Bonchev–Trinajstić information content (AvgIpc) is 3.57. The van der Waals surface area contributed by atoms with Gasteiger partial charge in [0.25, 0.3) is 0 Å². The van der Waals surface area contributed by atoms with Gasteiger partial charge < -0.3 is 14.5 Å². The molecule has 37 heavy (non-hydrogen) atoms. The molecule has 1 aliphatic heterocycles. The van der Waals surface area contributed by atoms with Crippen molar-refractivity contribution >= 4 is 46.0 Å². The fraction of sp³-hybridized carbons (Fsp3) is 0.310. The average molecular weight is 536 g/mol. The number of fused-ring (bicyclic) bond motifs is 1. The summed E-state index contributed by atoms with van der Waals surface area (Å²) in [5.41, 5.74) is 6.46. The number of hydrogen-bond acceptors (Lipinski definition) is 5. The zero-order valence-electron chi connectivity index (χ0n) is 20.3. The maximum Gasteiger partial charge on any atom is 0.336 e. The van der Waals surface area contributed by atoms with E-state index >= 15 is 0 Å². The molecular weight excluding hydrogens is 509 g/mol. The van der Waals surface area contributed by atoms with Crippen LogP contribution in [0.15, 0.2) is 53.6 Å². The second-order valence-corrected chi connectivity index (χ2v) is 10.8. The second-order valence-electron chi connectivity index (χ2n) is 9.94. The number of hydrogen-bond donors (Lipinski definition) is 1. The second kappa shape index (κ2) is 9.67. The van der Waals surface area contributed by atoms with Crippen LogP contribution in [-0.2, 0) is 11.2 Å². The van der Waals surface area contributed by atoms with Crippen molar-refractivity contribution in [2.75, 3.05) is 37.6 Å². The number of allylic oxidation sites excluding steroid dienone is 2. The van der Waals surface area contributed by atoms with E-state index in [0.29, 0.717) is 21.5 Å². The van der Waals surface area contributed by atoms with Crippen molar-refractivity contribution in [3.8, 4) is 11.3 Å². The number of aliphatic carboxylic acids is 1. The van der Waals surface area contributed by atoms with E-state index in [1.54, 1.807) is 6.08 Å². The molecule has 6 nitrogen and oxygen atoms in total. The van der Waals surface area contributed by atoms with Gasteiger partial charge in [0.2, 0.25) is 0 Å². The van der Waals surface area contributed by atoms with Crippen LogP contribution in [0.4, 0.5) is 5.69 Å². The molecular formula is C29H27Cl2N3O3. The Kier molecular flexibility index (Phi) is 6.35. The van der Waals surface area contributed by atoms with E-state index in [1.165, 1.54) is 0 Å². The highest BCUT2D eigenvalue weighted by Gasteiger charge is 2.33. The van der Waals surface area contributed by atoms with Crippen LogP contribution in [0.3, 0.4) is 0 Å². The molecule has 0 atom stereocenters. The number of carbonyl (C=O) groups is 1. The van der Waals surface area contributed by atoms with Gasteiger partial charge in [-0.1, -0.05) is 47.1 Å². The summed E-state index contributed by atoms with van der Waals surface area (Å²) >= 11 is 13.0. The van der Waals surface area contributed by atoms with Gasteiger partial charge >= 0.3 is 5.97 Å². The van der Waals surface area contributed by atoms with Crippen molar-refractivity contribution in [3.05, 3.63) is 81.5 Å². The first-order chi connectivity index (χ1) is 17.9. The van der Waals surface area contributed by atoms with Gasteiger partial charge in [0.1, 0.15) is 11.5 Å². The molecule has 0 amide bonds. The van der Waals surface area contributed by atoms with Crippen molar-refractivity contribution < 1.29 is 14.4 Å². The van der Waals surface area contributed by atoms with Crippen molar-refractivity contribution in [2.45, 2.75) is 25.2 Å². The zero-order valence-corrected chi connectivity index (χ0v) is 21.9. The standard InChI is InChI=1S/C29H27Cl2N3O3/c1-17-15-23(29(35)36)20-8-7-19(16-22(17)20)34-13-11-33(12-14-34)10-9-21-27(32-37-28(21)18-5-6-18)26-24(30)3-2-4-25(26)31/h2-4,7-8,15-16,18H,1,5-6,9-14H2,(H,35,36). The van der Waals surface area contributed by atoms with E-state index in [2.05, 4.69) is 27.6 Å². The molecule has 0 unspecified atom stereocenters. The molecule has 2 fully saturated rings. The quantitative estimate of drug-likeness (QED) is 0.378. The first-order valence-electron chi connectivity index (χ1n) is 12.6. The van der Waals surface area contributed by atoms with Crippen LogP contribution in [0.1, 0.15) is 41.2 Å². The minimum Gasteiger partial charge on any atom is -0.478 e. The molecule has 3 aromatic rings. The number of anilines is 1. The molecule has 2 heterocycles. The number of carboxylic acids is 1. The minimum absolute atomic E-state index is 0.313. The molecule has 1 saturated carbocycles. The van der Waals surface area contributed by atoms with Crippen molar-refractivity contribution in [1.29, 1.82) is 0 Å². The highest BCUT2D eigenvalue weighted by molar-refractivity contribution is 6.39. The maximum atomic E-state index is 11.5. The number of benzene rings is 2. The van der Waals surface area contributed by atoms with Crippen LogP contribution in [0.5, 0.6) is 0 Å². The highest BCUT2D eigenvalue weighted by Crippen LogP contribution is 2.46. The molecule has 1 N–H and O–H groups in total. The lowest BCUT2D eigenvalue weighted by molar-refractivity contribution is -0.130. The molecule has 3 aliphatic rings. The summed E-state index contributed by atoms with van der Waals surface area (Å²) in [5, 5.41) is 15.0. The summed E-state index contributed by atoms with van der Waals surface area (Å²) in [6, 6.07) is 11.5. The van der Waals surface area contributed by atoms with Crippen molar-refractivity contribution in [3.63, 3.8) is 0 Å². The van der Waals surface area contributed by atoms with Gasteiger partial charge in [0.05, 0.1) is 15.6 Å². The van der Waals surface area contributed by atoms with Gasteiger partial charge in [-0.2, -0.15) is 0 Å². The molecule has 0 spiro atoms. The predicted molar refractivity (Wildman–Crippen MR) is 147 cm³/mol. The van der Waals surface area contributed by atoms with Crippen LogP contribution in [0.25, 0.3) is 22.4 Å². The number of aromatic nitrogens is 1. The third-order valence-electron chi connectivity index (χ3n) is 7.57. The number of carboxylic acid groups (broad SMARTS) is 1. The Morgan fingerprint density at radius 3 is 2.49 bits per heavy atom. The third kappa shape index (κ3) is 4.58. The van der Waals surface area contributed by atoms with Crippen LogP contribution in [0, 0.1) is 0 Å². The summed E-state index contributed by atoms with van der Waals surface area (Å²) in [6.45, 7) is 8.60. The van der Waals surface area contributed by atoms with Gasteiger partial charge in [0.15, 0.2) is 0 Å². The monoisotopic (exact) mass is 535 g/mol. The number of halogens is 2. The predicted octanol–water partition coefficient (Wildman–Crippen LogP) is 6.39. The van der Waals surface area contributed by atoms with Gasteiger partial charge in [-0.05, 0) is 66.3 Å². The van der Waals surface area contributed by atoms with Crippen LogP contribution in [0.2, 0.25) is 10.0 Å². The summed E-state index contributed by atoms with van der Waals surface area (Å²) in [5.74, 6) is 0.510. The van der Waals surface area contributed by atoms with Crippen LogP contribution in [-0.4, -0.2) is 53.9 Å². The SMILES string of the molecule is C=C1C=C(C(=O)O)c2ccc(N3CCN(CCc4c(-c5c(Cl)cccc5Cl)noc4C4CC4)CC3)cc21. The lowest BCUT2D eigenvalue weighted by Crippen LogP contribution is -2.47. The largest absolute Gasteiger partial charge is 0.478 e. The van der Waals surface area contributed by atoms with Gasteiger partial charge in [-0.15, -0.1) is 0 Å². The topological polar surface area (TPSA) is 69.8 Å². The van der Waals surface area contributed by atoms with E-state index in [-0.39, 0.29) is 0 Å². The summed E-state index contributed by atoms with van der Waals surface area (Å²) in [7, 11) is 0. The Bertz CT molecular complexity index is 1410. The van der Waals surface area contributed by atoms with E-state index in [4.69, 9.17) is 27.7 Å². The first-order valence-corrected chi connectivity index (χ1v) is 13.3. The Hall–Kier alpha value is -3.06. The molecule has 1 saturated heterocycles. The van der Waals surface area contributed by atoms with E-state index in [1.807, 2.05) is 30.3 Å². The van der Waals surface area contributed by atoms with Crippen LogP contribution >= 0.6 is 23.2 Å². The first kappa shape index (κ1) is 24.3. The third-order valence-corrected chi connectivity index (χ3v) is 8.20. The summed E-state index contributed by atoms with van der Waals surface area (Å²) < 4.78 is 5.82. The zero-order chi connectivity index (χ0) is 25.7.